The van der Waals surface area contributed by atoms with Crippen molar-refractivity contribution in [1.82, 2.24) is 24.3 Å². The molecule has 36 heavy (non-hydrogen) atoms. The van der Waals surface area contributed by atoms with Gasteiger partial charge in [0.25, 0.3) is 0 Å². The lowest BCUT2D eigenvalue weighted by Gasteiger charge is -2.25. The van der Waals surface area contributed by atoms with E-state index < -0.39 is 11.9 Å². The maximum atomic E-state index is 13.9. The van der Waals surface area contributed by atoms with Crippen LogP contribution in [0.3, 0.4) is 0 Å². The first-order valence-electron chi connectivity index (χ1n) is 11.7. The lowest BCUT2D eigenvalue weighted by atomic mass is 10.1. The Morgan fingerprint density at radius 2 is 1.83 bits per heavy atom. The molecule has 2 N–H and O–H groups in total. The number of anilines is 2. The summed E-state index contributed by atoms with van der Waals surface area (Å²) < 4.78 is 20.7. The van der Waals surface area contributed by atoms with Gasteiger partial charge >= 0.3 is 6.09 Å². The van der Waals surface area contributed by atoms with Crippen LogP contribution in [0.25, 0.3) is 17.2 Å². The molecule has 0 radical (unpaired) electrons. The number of hydrogen-bond donors (Lipinski definition) is 2. The number of ether oxygens (including phenoxy) is 1. The molecule has 1 aliphatic heterocycles. The third-order valence-electron chi connectivity index (χ3n) is 5.91. The minimum absolute atomic E-state index is 0.272. The van der Waals surface area contributed by atoms with Crippen LogP contribution < -0.4 is 15.5 Å². The molecule has 1 amide bonds. The van der Waals surface area contributed by atoms with E-state index in [-0.39, 0.29) is 11.6 Å². The highest BCUT2D eigenvalue weighted by Crippen LogP contribution is 2.23. The number of benzene rings is 1. The average Bonchev–Trinajstić information content (AvgIpc) is 3.34. The van der Waals surface area contributed by atoms with Crippen molar-refractivity contribution in [3.05, 3.63) is 66.2 Å². The van der Waals surface area contributed by atoms with Gasteiger partial charge in [-0.15, -0.1) is 0 Å². The number of rotatable bonds is 7. The number of carbonyl (C=O) groups excluding carboxylic acids is 1. The number of hydrogen-bond acceptors (Lipinski definition) is 8. The van der Waals surface area contributed by atoms with Crippen LogP contribution in [0.2, 0.25) is 0 Å². The zero-order valence-electron chi connectivity index (χ0n) is 19.8. The van der Waals surface area contributed by atoms with Gasteiger partial charge in [0.2, 0.25) is 0 Å². The Bertz CT molecular complexity index is 1350. The van der Waals surface area contributed by atoms with E-state index >= 15 is 0 Å². The third kappa shape index (κ3) is 5.29. The highest BCUT2D eigenvalue weighted by molar-refractivity contribution is 5.69. The van der Waals surface area contributed by atoms with Gasteiger partial charge in [0.1, 0.15) is 28.7 Å². The van der Waals surface area contributed by atoms with Gasteiger partial charge in [-0.05, 0) is 49.1 Å². The molecule has 0 unspecified atom stereocenters. The Morgan fingerprint density at radius 3 is 2.61 bits per heavy atom. The largest absolute Gasteiger partial charge is 0.497 e. The molecule has 1 saturated heterocycles. The van der Waals surface area contributed by atoms with Crippen LogP contribution in [0, 0.1) is 5.82 Å². The second-order valence-corrected chi connectivity index (χ2v) is 8.40. The molecule has 10 nitrogen and oxygen atoms in total. The Morgan fingerprint density at radius 1 is 1.06 bits per heavy atom. The first-order valence-corrected chi connectivity index (χ1v) is 11.7. The number of aromatic nitrogens is 4. The molecule has 1 fully saturated rings. The van der Waals surface area contributed by atoms with E-state index in [2.05, 4.69) is 25.7 Å². The van der Waals surface area contributed by atoms with E-state index in [1.165, 1.54) is 12.3 Å². The van der Waals surface area contributed by atoms with Crippen molar-refractivity contribution in [2.45, 2.75) is 25.8 Å². The van der Waals surface area contributed by atoms with Crippen molar-refractivity contribution in [2.75, 3.05) is 31.0 Å². The van der Waals surface area contributed by atoms with Crippen molar-refractivity contribution in [2.24, 2.45) is 0 Å². The number of fused-ring (bicyclic) bond motifs is 1. The van der Waals surface area contributed by atoms with Crippen LogP contribution in [0.5, 0.6) is 5.75 Å². The fourth-order valence-electron chi connectivity index (χ4n) is 4.00. The zero-order chi connectivity index (χ0) is 24.9. The third-order valence-corrected chi connectivity index (χ3v) is 5.91. The average molecular weight is 492 g/mol. The van der Waals surface area contributed by atoms with Gasteiger partial charge in [-0.1, -0.05) is 12.1 Å². The minimum atomic E-state index is -0.459. The zero-order valence-corrected chi connectivity index (χ0v) is 19.8. The molecule has 0 bridgehead atoms. The molecule has 0 aliphatic carbocycles. The van der Waals surface area contributed by atoms with Crippen molar-refractivity contribution < 1.29 is 18.8 Å². The summed E-state index contributed by atoms with van der Waals surface area (Å²) >= 11 is 0. The molecule has 3 aromatic heterocycles. The van der Waals surface area contributed by atoms with Gasteiger partial charge < -0.3 is 19.8 Å². The first kappa shape index (κ1) is 23.3. The molecular formula is C25H26FN7O3. The summed E-state index contributed by atoms with van der Waals surface area (Å²) in [5.74, 6) is 1.39. The number of nitrogens with zero attached hydrogens (tertiary/aromatic N) is 5. The SMILES string of the molecule is COc1ccc(CNc2cc(NOC(=O)N3CCCCC3)nc(-c3cnc4ccc(F)cn34)n2)cc1. The van der Waals surface area contributed by atoms with Gasteiger partial charge in [-0.25, -0.2) is 24.1 Å². The van der Waals surface area contributed by atoms with Crippen molar-refractivity contribution in [1.29, 1.82) is 0 Å². The molecule has 0 spiro atoms. The van der Waals surface area contributed by atoms with Crippen molar-refractivity contribution in [3.8, 4) is 17.3 Å². The number of nitrogens with one attached hydrogen (secondary N) is 2. The predicted octanol–water partition coefficient (Wildman–Crippen LogP) is 4.50. The lowest BCUT2D eigenvalue weighted by molar-refractivity contribution is 0.114. The molecule has 4 aromatic rings. The molecular weight excluding hydrogens is 465 g/mol. The highest BCUT2D eigenvalue weighted by atomic mass is 19.1. The monoisotopic (exact) mass is 491 g/mol. The van der Waals surface area contributed by atoms with Crippen molar-refractivity contribution in [3.63, 3.8) is 0 Å². The second kappa shape index (κ2) is 10.5. The molecule has 1 aromatic carbocycles. The topological polar surface area (TPSA) is 106 Å². The summed E-state index contributed by atoms with van der Waals surface area (Å²) in [6, 6.07) is 12.2. The Kier molecular flexibility index (Phi) is 6.78. The predicted molar refractivity (Wildman–Crippen MR) is 132 cm³/mol. The Hall–Kier alpha value is -4.41. The van der Waals surface area contributed by atoms with Crippen LogP contribution in [0.4, 0.5) is 20.8 Å². The van der Waals surface area contributed by atoms with Gasteiger partial charge in [0.05, 0.1) is 13.3 Å². The van der Waals surface area contributed by atoms with Gasteiger partial charge in [0.15, 0.2) is 11.6 Å². The molecule has 11 heteroatoms. The molecule has 186 valence electrons. The molecule has 4 heterocycles. The Balaban J connectivity index is 1.40. The van der Waals surface area contributed by atoms with E-state index in [0.29, 0.717) is 36.8 Å². The van der Waals surface area contributed by atoms with E-state index in [4.69, 9.17) is 9.57 Å². The minimum Gasteiger partial charge on any atom is -0.497 e. The fourth-order valence-corrected chi connectivity index (χ4v) is 4.00. The number of amides is 1. The number of piperidine rings is 1. The van der Waals surface area contributed by atoms with Gasteiger partial charge in [0, 0.05) is 31.9 Å². The quantitative estimate of drug-likeness (QED) is 0.364. The fraction of sp³-hybridized carbons (Fsp3) is 0.280. The number of halogens is 1. The van der Waals surface area contributed by atoms with Gasteiger partial charge in [-0.3, -0.25) is 4.40 Å². The van der Waals surface area contributed by atoms with Crippen LogP contribution >= 0.6 is 0 Å². The summed E-state index contributed by atoms with van der Waals surface area (Å²) in [6.45, 7) is 1.81. The van der Waals surface area contributed by atoms with E-state index in [9.17, 15) is 9.18 Å². The number of likely N-dealkylation sites (tertiary alicyclic amines) is 1. The number of imidazole rings is 1. The van der Waals surface area contributed by atoms with E-state index in [1.54, 1.807) is 34.7 Å². The molecule has 0 atom stereocenters. The summed E-state index contributed by atoms with van der Waals surface area (Å²) in [4.78, 5) is 32.8. The first-order chi connectivity index (χ1) is 17.6. The standard InChI is InChI=1S/C25H26FN7O3/c1-35-19-8-5-17(6-9-19)14-27-21-13-22(31-36-25(34)32-11-3-2-4-12-32)30-24(29-21)20-15-28-23-10-7-18(26)16-33(20)23/h5-10,13,15-16H,2-4,11-12,14H2,1H3,(H2,27,29,30,31). The lowest BCUT2D eigenvalue weighted by Crippen LogP contribution is -2.37. The van der Waals surface area contributed by atoms with Crippen LogP contribution in [-0.2, 0) is 11.4 Å². The number of pyridine rings is 1. The molecule has 1 aliphatic rings. The Labute approximate surface area is 207 Å². The van der Waals surface area contributed by atoms with E-state index in [1.807, 2.05) is 24.3 Å². The van der Waals surface area contributed by atoms with Crippen LogP contribution in [0.1, 0.15) is 24.8 Å². The maximum Gasteiger partial charge on any atom is 0.434 e. The molecule has 0 saturated carbocycles. The van der Waals surface area contributed by atoms with E-state index in [0.717, 1.165) is 30.6 Å². The summed E-state index contributed by atoms with van der Waals surface area (Å²) in [7, 11) is 1.62. The summed E-state index contributed by atoms with van der Waals surface area (Å²) in [5, 5.41) is 3.27. The maximum absolute atomic E-state index is 13.9. The second-order valence-electron chi connectivity index (χ2n) is 8.40. The van der Waals surface area contributed by atoms with Crippen molar-refractivity contribution >= 4 is 23.4 Å². The van der Waals surface area contributed by atoms with Gasteiger partial charge in [-0.2, -0.15) is 5.48 Å². The smallest absolute Gasteiger partial charge is 0.434 e. The number of carbonyl (C=O) groups is 1. The normalized spacial score (nSPS) is 13.4. The summed E-state index contributed by atoms with van der Waals surface area (Å²) in [5.41, 5.74) is 4.71. The van der Waals surface area contributed by atoms with Crippen LogP contribution in [-0.4, -0.2) is 50.5 Å². The summed E-state index contributed by atoms with van der Waals surface area (Å²) in [6.07, 6.45) is 5.45. The number of methoxy groups -OCH3 is 1. The van der Waals surface area contributed by atoms with Crippen LogP contribution in [0.15, 0.2) is 54.9 Å². The molecule has 5 rings (SSSR count). The highest BCUT2D eigenvalue weighted by Gasteiger charge is 2.19.